The Hall–Kier alpha value is -2.33. The Kier molecular flexibility index (Phi) is 3.34. The fraction of sp³-hybridized carbons (Fsp3) is 0.222. The van der Waals surface area contributed by atoms with Gasteiger partial charge in [0.2, 0.25) is 0 Å². The highest BCUT2D eigenvalue weighted by Crippen LogP contribution is 2.38. The Labute approximate surface area is 139 Å². The molecular formula is C18H15ClN2O2. The molecule has 2 aliphatic heterocycles. The molecule has 0 N–H and O–H groups in total. The molecule has 2 aromatic carbocycles. The standard InChI is InChI=1S/C18H15ClN2O2/c19-12-7-8-15(20-9-3-4-10-20)16(11-12)21-17(22)13-5-1-2-6-14(13)18(21)23/h1-2,5-8,11H,3-4,9-10H2. The fourth-order valence-electron chi connectivity index (χ4n) is 3.31. The van der Waals surface area contributed by atoms with Crippen LogP contribution in [0.2, 0.25) is 5.02 Å². The zero-order chi connectivity index (χ0) is 16.0. The van der Waals surface area contributed by atoms with E-state index in [1.165, 1.54) is 4.90 Å². The molecule has 2 amide bonds. The van der Waals surface area contributed by atoms with E-state index in [9.17, 15) is 9.59 Å². The smallest absolute Gasteiger partial charge is 0.266 e. The Balaban J connectivity index is 1.84. The minimum Gasteiger partial charge on any atom is -0.370 e. The molecule has 1 fully saturated rings. The molecule has 0 spiro atoms. The van der Waals surface area contributed by atoms with Crippen LogP contribution in [0.15, 0.2) is 42.5 Å². The number of rotatable bonds is 2. The molecule has 0 aromatic heterocycles. The third-order valence-corrected chi connectivity index (χ3v) is 4.65. The molecule has 0 radical (unpaired) electrons. The minimum atomic E-state index is -0.284. The van der Waals surface area contributed by atoms with Gasteiger partial charge in [-0.25, -0.2) is 4.90 Å². The Bertz CT molecular complexity index is 777. The monoisotopic (exact) mass is 326 g/mol. The number of hydrogen-bond acceptors (Lipinski definition) is 3. The Morgan fingerprint density at radius 1 is 0.826 bits per heavy atom. The zero-order valence-electron chi connectivity index (χ0n) is 12.5. The van der Waals surface area contributed by atoms with Crippen molar-refractivity contribution >= 4 is 34.8 Å². The maximum absolute atomic E-state index is 12.7. The van der Waals surface area contributed by atoms with Gasteiger partial charge in [0.05, 0.1) is 22.5 Å². The fourth-order valence-corrected chi connectivity index (χ4v) is 3.48. The van der Waals surface area contributed by atoms with Crippen LogP contribution in [0.25, 0.3) is 0 Å². The minimum absolute atomic E-state index is 0.284. The van der Waals surface area contributed by atoms with Gasteiger partial charge in [0.25, 0.3) is 11.8 Å². The molecule has 116 valence electrons. The molecule has 2 aliphatic rings. The number of nitrogens with zero attached hydrogens (tertiary/aromatic N) is 2. The summed E-state index contributed by atoms with van der Waals surface area (Å²) in [6.07, 6.45) is 2.23. The van der Waals surface area contributed by atoms with Crippen molar-refractivity contribution in [1.82, 2.24) is 0 Å². The van der Waals surface area contributed by atoms with E-state index in [0.717, 1.165) is 31.6 Å². The molecule has 4 rings (SSSR count). The number of anilines is 2. The highest BCUT2D eigenvalue weighted by Gasteiger charge is 2.38. The van der Waals surface area contributed by atoms with Crippen LogP contribution in [0.4, 0.5) is 11.4 Å². The van der Waals surface area contributed by atoms with Gasteiger partial charge >= 0.3 is 0 Å². The van der Waals surface area contributed by atoms with Crippen LogP contribution in [-0.4, -0.2) is 24.9 Å². The molecule has 0 unspecified atom stereocenters. The molecule has 0 aliphatic carbocycles. The summed E-state index contributed by atoms with van der Waals surface area (Å²) in [5, 5.41) is 0.513. The van der Waals surface area contributed by atoms with Crippen molar-refractivity contribution in [1.29, 1.82) is 0 Å². The first-order chi connectivity index (χ1) is 11.2. The lowest BCUT2D eigenvalue weighted by molar-refractivity contribution is 0.0926. The van der Waals surface area contributed by atoms with Gasteiger partial charge in [0.15, 0.2) is 0 Å². The van der Waals surface area contributed by atoms with Gasteiger partial charge in [-0.1, -0.05) is 23.7 Å². The highest BCUT2D eigenvalue weighted by molar-refractivity contribution is 6.36. The molecule has 4 nitrogen and oxygen atoms in total. The number of benzene rings is 2. The van der Waals surface area contributed by atoms with Gasteiger partial charge in [-0.2, -0.15) is 0 Å². The van der Waals surface area contributed by atoms with Crippen LogP contribution < -0.4 is 9.80 Å². The van der Waals surface area contributed by atoms with Gasteiger partial charge in [-0.15, -0.1) is 0 Å². The van der Waals surface area contributed by atoms with Gasteiger partial charge in [-0.05, 0) is 43.2 Å². The summed E-state index contributed by atoms with van der Waals surface area (Å²) < 4.78 is 0. The summed E-state index contributed by atoms with van der Waals surface area (Å²) in [5.74, 6) is -0.568. The van der Waals surface area contributed by atoms with Crippen molar-refractivity contribution in [3.63, 3.8) is 0 Å². The lowest BCUT2D eigenvalue weighted by Gasteiger charge is -2.25. The first-order valence-corrected chi connectivity index (χ1v) is 8.07. The second-order valence-corrected chi connectivity index (χ2v) is 6.25. The second-order valence-electron chi connectivity index (χ2n) is 5.82. The van der Waals surface area contributed by atoms with E-state index in [4.69, 9.17) is 11.6 Å². The van der Waals surface area contributed by atoms with Crippen LogP contribution in [-0.2, 0) is 0 Å². The maximum Gasteiger partial charge on any atom is 0.266 e. The number of amides is 2. The number of halogens is 1. The first-order valence-electron chi connectivity index (χ1n) is 7.69. The number of imide groups is 1. The van der Waals surface area contributed by atoms with E-state index in [2.05, 4.69) is 4.90 Å². The molecule has 0 bridgehead atoms. The summed E-state index contributed by atoms with van der Waals surface area (Å²) in [6, 6.07) is 12.3. The Morgan fingerprint density at radius 2 is 1.43 bits per heavy atom. The van der Waals surface area contributed by atoms with E-state index in [1.54, 1.807) is 36.4 Å². The summed E-state index contributed by atoms with van der Waals surface area (Å²) >= 11 is 6.14. The van der Waals surface area contributed by atoms with Gasteiger partial charge in [0, 0.05) is 18.1 Å². The van der Waals surface area contributed by atoms with Gasteiger partial charge in [-0.3, -0.25) is 9.59 Å². The molecule has 2 aromatic rings. The van der Waals surface area contributed by atoms with Crippen LogP contribution in [0, 0.1) is 0 Å². The van der Waals surface area contributed by atoms with E-state index >= 15 is 0 Å². The molecule has 5 heteroatoms. The maximum atomic E-state index is 12.7. The third kappa shape index (κ3) is 2.21. The summed E-state index contributed by atoms with van der Waals surface area (Å²) in [4.78, 5) is 28.9. The summed E-state index contributed by atoms with van der Waals surface area (Å²) in [7, 11) is 0. The van der Waals surface area contributed by atoms with Crippen molar-refractivity contribution in [2.45, 2.75) is 12.8 Å². The largest absolute Gasteiger partial charge is 0.370 e. The quantitative estimate of drug-likeness (QED) is 0.789. The van der Waals surface area contributed by atoms with Crippen LogP contribution >= 0.6 is 11.6 Å². The molecule has 2 heterocycles. The third-order valence-electron chi connectivity index (χ3n) is 4.42. The average Bonchev–Trinajstić information content (AvgIpc) is 3.16. The summed E-state index contributed by atoms with van der Waals surface area (Å²) in [6.45, 7) is 1.86. The summed E-state index contributed by atoms with van der Waals surface area (Å²) in [5.41, 5.74) is 2.36. The second kappa shape index (κ2) is 5.39. The van der Waals surface area contributed by atoms with Crippen LogP contribution in [0.3, 0.4) is 0 Å². The van der Waals surface area contributed by atoms with Crippen molar-refractivity contribution in [3.05, 3.63) is 58.6 Å². The predicted molar refractivity (Wildman–Crippen MR) is 90.5 cm³/mol. The number of carbonyl (C=O) groups is 2. The average molecular weight is 327 g/mol. The van der Waals surface area contributed by atoms with Gasteiger partial charge in [0.1, 0.15) is 0 Å². The normalized spacial score (nSPS) is 17.1. The molecule has 0 saturated carbocycles. The highest BCUT2D eigenvalue weighted by atomic mass is 35.5. The zero-order valence-corrected chi connectivity index (χ0v) is 13.2. The van der Waals surface area contributed by atoms with E-state index in [0.29, 0.717) is 21.8 Å². The lowest BCUT2D eigenvalue weighted by Crippen LogP contribution is -2.31. The molecule has 0 atom stereocenters. The van der Waals surface area contributed by atoms with Crippen LogP contribution in [0.1, 0.15) is 33.6 Å². The van der Waals surface area contributed by atoms with E-state index < -0.39 is 0 Å². The molecule has 23 heavy (non-hydrogen) atoms. The van der Waals surface area contributed by atoms with Crippen molar-refractivity contribution < 1.29 is 9.59 Å². The van der Waals surface area contributed by atoms with Crippen molar-refractivity contribution in [3.8, 4) is 0 Å². The van der Waals surface area contributed by atoms with E-state index in [1.807, 2.05) is 6.07 Å². The topological polar surface area (TPSA) is 40.6 Å². The number of hydrogen-bond donors (Lipinski definition) is 0. The van der Waals surface area contributed by atoms with Crippen molar-refractivity contribution in [2.24, 2.45) is 0 Å². The van der Waals surface area contributed by atoms with Crippen molar-refractivity contribution in [2.75, 3.05) is 22.9 Å². The predicted octanol–water partition coefficient (Wildman–Crippen LogP) is 3.74. The number of carbonyl (C=O) groups excluding carboxylic acids is 2. The molecule has 1 saturated heterocycles. The number of fused-ring (bicyclic) bond motifs is 1. The first kappa shape index (κ1) is 14.3. The van der Waals surface area contributed by atoms with Gasteiger partial charge < -0.3 is 4.90 Å². The lowest BCUT2D eigenvalue weighted by atomic mass is 10.1. The van der Waals surface area contributed by atoms with E-state index in [-0.39, 0.29) is 11.8 Å². The van der Waals surface area contributed by atoms with Crippen LogP contribution in [0.5, 0.6) is 0 Å². The Morgan fingerprint density at radius 3 is 2.04 bits per heavy atom. The SMILES string of the molecule is O=C1c2ccccc2C(=O)N1c1cc(Cl)ccc1N1CCCC1. The molecular weight excluding hydrogens is 312 g/mol.